The summed E-state index contributed by atoms with van der Waals surface area (Å²) < 4.78 is 7.18. The van der Waals surface area contributed by atoms with Crippen molar-refractivity contribution in [3.8, 4) is 0 Å². The second-order valence-corrected chi connectivity index (χ2v) is 4.51. The van der Waals surface area contributed by atoms with E-state index >= 15 is 0 Å². The molecule has 20 heavy (non-hydrogen) atoms. The van der Waals surface area contributed by atoms with Gasteiger partial charge in [-0.3, -0.25) is 4.79 Å². The highest BCUT2D eigenvalue weighted by Crippen LogP contribution is 2.20. The Kier molecular flexibility index (Phi) is 6.70. The van der Waals surface area contributed by atoms with Gasteiger partial charge in [0.25, 0.3) is 0 Å². The monoisotopic (exact) mass is 300 g/mol. The number of carbonyl (C=O) groups is 1. The zero-order chi connectivity index (χ0) is 13.7. The molecule has 112 valence electrons. The van der Waals surface area contributed by atoms with Gasteiger partial charge < -0.3 is 19.5 Å². The maximum atomic E-state index is 12.2. The number of halogens is 1. The molecule has 1 atom stereocenters. The van der Waals surface area contributed by atoms with Crippen molar-refractivity contribution in [1.82, 2.24) is 19.8 Å². The van der Waals surface area contributed by atoms with Gasteiger partial charge in [0, 0.05) is 39.1 Å². The Hall–Kier alpha value is -1.37. The van der Waals surface area contributed by atoms with E-state index in [1.165, 1.54) is 0 Å². The number of nitrogens with one attached hydrogen (secondary N) is 1. The lowest BCUT2D eigenvalue weighted by atomic mass is 10.1. The van der Waals surface area contributed by atoms with Gasteiger partial charge in [0.05, 0.1) is 6.61 Å². The summed E-state index contributed by atoms with van der Waals surface area (Å²) in [6, 6.07) is -0.0337. The molecule has 0 aliphatic carbocycles. The van der Waals surface area contributed by atoms with E-state index in [9.17, 15) is 4.79 Å². The molecular weight excluding hydrogens is 280 g/mol. The Bertz CT molecular complexity index is 449. The number of amides is 1. The summed E-state index contributed by atoms with van der Waals surface area (Å²) in [6.45, 7) is 6.24. The van der Waals surface area contributed by atoms with E-state index in [1.807, 2.05) is 22.7 Å². The fraction of sp³-hybridized carbons (Fsp3) is 0.538. The number of carbonyl (C=O) groups excluding carboxylic acids is 1. The molecule has 0 bridgehead atoms. The van der Waals surface area contributed by atoms with Crippen LogP contribution in [0.2, 0.25) is 0 Å². The standard InChI is InChI=1S/C13H20N4O2.ClH/c1-3-8-19-10-12(18)17-7-4-14-9-11(17)13-15-5-6-16(13)2;/h3,5-6,11,14H,1,4,7-10H2,2H3;1H. The maximum absolute atomic E-state index is 12.2. The molecule has 2 heterocycles. The van der Waals surface area contributed by atoms with Crippen LogP contribution < -0.4 is 5.32 Å². The molecule has 1 saturated heterocycles. The predicted molar refractivity (Wildman–Crippen MR) is 78.8 cm³/mol. The average molecular weight is 301 g/mol. The molecular formula is C13H21ClN4O2. The summed E-state index contributed by atoms with van der Waals surface area (Å²) in [7, 11) is 1.94. The molecule has 0 aromatic carbocycles. The van der Waals surface area contributed by atoms with Gasteiger partial charge in [0.2, 0.25) is 5.91 Å². The highest BCUT2D eigenvalue weighted by molar-refractivity contribution is 5.85. The van der Waals surface area contributed by atoms with E-state index in [2.05, 4.69) is 16.9 Å². The van der Waals surface area contributed by atoms with Crippen LogP contribution in [0.4, 0.5) is 0 Å². The molecule has 6 nitrogen and oxygen atoms in total. The third-order valence-electron chi connectivity index (χ3n) is 3.18. The molecule has 1 amide bonds. The summed E-state index contributed by atoms with van der Waals surface area (Å²) in [5.41, 5.74) is 0. The first-order valence-electron chi connectivity index (χ1n) is 6.40. The van der Waals surface area contributed by atoms with E-state index in [1.54, 1.807) is 12.3 Å². The second-order valence-electron chi connectivity index (χ2n) is 4.51. The third-order valence-corrected chi connectivity index (χ3v) is 3.18. The first kappa shape index (κ1) is 16.7. The third kappa shape index (κ3) is 3.82. The van der Waals surface area contributed by atoms with Gasteiger partial charge in [-0.1, -0.05) is 6.08 Å². The smallest absolute Gasteiger partial charge is 0.249 e. The first-order valence-corrected chi connectivity index (χ1v) is 6.40. The molecule has 7 heteroatoms. The summed E-state index contributed by atoms with van der Waals surface area (Å²) in [4.78, 5) is 18.4. The van der Waals surface area contributed by atoms with Crippen molar-refractivity contribution in [3.63, 3.8) is 0 Å². The molecule has 1 aromatic rings. The van der Waals surface area contributed by atoms with Gasteiger partial charge in [0.15, 0.2) is 0 Å². The lowest BCUT2D eigenvalue weighted by Gasteiger charge is -2.35. The highest BCUT2D eigenvalue weighted by atomic mass is 35.5. The number of aryl methyl sites for hydroxylation is 1. The largest absolute Gasteiger partial charge is 0.368 e. The second kappa shape index (κ2) is 8.04. The van der Waals surface area contributed by atoms with E-state index in [0.717, 1.165) is 18.9 Å². The quantitative estimate of drug-likeness (QED) is 0.636. The van der Waals surface area contributed by atoms with Crippen LogP contribution in [-0.2, 0) is 16.6 Å². The van der Waals surface area contributed by atoms with Gasteiger partial charge in [-0.25, -0.2) is 4.98 Å². The Labute approximate surface area is 125 Å². The molecule has 1 fully saturated rings. The Morgan fingerprint density at radius 2 is 2.50 bits per heavy atom. The topological polar surface area (TPSA) is 59.4 Å². The number of nitrogens with zero attached hydrogens (tertiary/aromatic N) is 3. The fourth-order valence-corrected chi connectivity index (χ4v) is 2.24. The lowest BCUT2D eigenvalue weighted by molar-refractivity contribution is -0.139. The molecule has 1 unspecified atom stereocenters. The molecule has 2 rings (SSSR count). The number of ether oxygens (including phenoxy) is 1. The summed E-state index contributed by atoms with van der Waals surface area (Å²) in [5.74, 6) is 0.889. The van der Waals surface area contributed by atoms with Gasteiger partial charge in [-0.05, 0) is 0 Å². The average Bonchev–Trinajstić information content (AvgIpc) is 2.85. The van der Waals surface area contributed by atoms with Crippen molar-refractivity contribution in [2.24, 2.45) is 7.05 Å². The zero-order valence-electron chi connectivity index (χ0n) is 11.6. The Morgan fingerprint density at radius 1 is 1.70 bits per heavy atom. The molecule has 1 aliphatic rings. The van der Waals surface area contributed by atoms with Crippen molar-refractivity contribution in [1.29, 1.82) is 0 Å². The SMILES string of the molecule is C=CCOCC(=O)N1CCNCC1c1nccn1C.Cl. The van der Waals surface area contributed by atoms with Crippen LogP contribution in [0, 0.1) is 0 Å². The summed E-state index contributed by atoms with van der Waals surface area (Å²) in [5, 5.41) is 3.30. The number of rotatable bonds is 5. The minimum atomic E-state index is -0.0337. The van der Waals surface area contributed by atoms with Crippen LogP contribution in [0.1, 0.15) is 11.9 Å². The molecule has 1 aromatic heterocycles. The molecule has 1 N–H and O–H groups in total. The minimum Gasteiger partial charge on any atom is -0.368 e. The molecule has 0 saturated carbocycles. The van der Waals surface area contributed by atoms with Gasteiger partial charge >= 0.3 is 0 Å². The molecule has 1 aliphatic heterocycles. The summed E-state index contributed by atoms with van der Waals surface area (Å²) >= 11 is 0. The van der Waals surface area contributed by atoms with Crippen LogP contribution in [-0.4, -0.2) is 53.2 Å². The van der Waals surface area contributed by atoms with Gasteiger partial charge in [-0.2, -0.15) is 0 Å². The first-order chi connectivity index (χ1) is 9.24. The van der Waals surface area contributed by atoms with Gasteiger partial charge in [0.1, 0.15) is 18.5 Å². The number of aromatic nitrogens is 2. The number of imidazole rings is 1. The Balaban J connectivity index is 0.00000200. The Morgan fingerprint density at radius 3 is 3.15 bits per heavy atom. The van der Waals surface area contributed by atoms with E-state index in [0.29, 0.717) is 13.2 Å². The van der Waals surface area contributed by atoms with Crippen molar-refractivity contribution in [2.75, 3.05) is 32.8 Å². The summed E-state index contributed by atoms with van der Waals surface area (Å²) in [6.07, 6.45) is 5.28. The molecule has 0 spiro atoms. The number of piperazine rings is 1. The van der Waals surface area contributed by atoms with Crippen LogP contribution >= 0.6 is 12.4 Å². The van der Waals surface area contributed by atoms with Crippen LogP contribution in [0.5, 0.6) is 0 Å². The van der Waals surface area contributed by atoms with E-state index < -0.39 is 0 Å². The number of hydrogen-bond acceptors (Lipinski definition) is 4. The highest BCUT2D eigenvalue weighted by Gasteiger charge is 2.30. The lowest BCUT2D eigenvalue weighted by Crippen LogP contribution is -2.50. The van der Waals surface area contributed by atoms with E-state index in [-0.39, 0.29) is 31.0 Å². The van der Waals surface area contributed by atoms with Crippen molar-refractivity contribution < 1.29 is 9.53 Å². The molecule has 0 radical (unpaired) electrons. The van der Waals surface area contributed by atoms with Crippen LogP contribution in [0.15, 0.2) is 25.0 Å². The fourth-order valence-electron chi connectivity index (χ4n) is 2.24. The van der Waals surface area contributed by atoms with Crippen molar-refractivity contribution >= 4 is 18.3 Å². The normalized spacial score (nSPS) is 18.4. The van der Waals surface area contributed by atoms with Crippen LogP contribution in [0.25, 0.3) is 0 Å². The predicted octanol–water partition coefficient (Wildman–Crippen LogP) is 0.517. The van der Waals surface area contributed by atoms with E-state index in [4.69, 9.17) is 4.74 Å². The van der Waals surface area contributed by atoms with Gasteiger partial charge in [-0.15, -0.1) is 19.0 Å². The minimum absolute atomic E-state index is 0. The van der Waals surface area contributed by atoms with Crippen molar-refractivity contribution in [2.45, 2.75) is 6.04 Å². The van der Waals surface area contributed by atoms with Crippen molar-refractivity contribution in [3.05, 3.63) is 30.9 Å². The zero-order valence-corrected chi connectivity index (χ0v) is 12.4. The maximum Gasteiger partial charge on any atom is 0.249 e. The van der Waals surface area contributed by atoms with Crippen LogP contribution in [0.3, 0.4) is 0 Å². The number of hydrogen-bond donors (Lipinski definition) is 1.